The molecule has 1 aliphatic rings. The molecule has 2 N–H and O–H groups in total. The summed E-state index contributed by atoms with van der Waals surface area (Å²) in [4.78, 5) is 22.9. The molecule has 0 saturated carbocycles. The predicted octanol–water partition coefficient (Wildman–Crippen LogP) is 1.44. The monoisotopic (exact) mass is 496 g/mol. The molecular formula is C19H41IN6O. The van der Waals surface area contributed by atoms with Crippen LogP contribution in [0.5, 0.6) is 0 Å². The molecule has 7 nitrogen and oxygen atoms in total. The molecule has 0 aromatic heterocycles. The fourth-order valence-corrected chi connectivity index (χ4v) is 3.13. The van der Waals surface area contributed by atoms with Crippen molar-refractivity contribution in [1.82, 2.24) is 25.3 Å². The third kappa shape index (κ3) is 11.1. The van der Waals surface area contributed by atoms with E-state index in [4.69, 9.17) is 4.99 Å². The van der Waals surface area contributed by atoms with Crippen molar-refractivity contribution in [3.05, 3.63) is 0 Å². The van der Waals surface area contributed by atoms with Crippen LogP contribution < -0.4 is 10.6 Å². The number of carbonyl (C=O) groups excluding carboxylic acids is 1. The van der Waals surface area contributed by atoms with Gasteiger partial charge in [0.25, 0.3) is 0 Å². The van der Waals surface area contributed by atoms with E-state index in [1.54, 1.807) is 4.90 Å². The minimum atomic E-state index is 0. The van der Waals surface area contributed by atoms with E-state index in [1.807, 2.05) is 14.1 Å². The summed E-state index contributed by atoms with van der Waals surface area (Å²) in [5.74, 6) is 1.10. The number of rotatable bonds is 10. The first kappa shape index (κ1) is 26.4. The fourth-order valence-electron chi connectivity index (χ4n) is 3.13. The summed E-state index contributed by atoms with van der Waals surface area (Å²) in [5, 5.41) is 6.93. The number of carbonyl (C=O) groups is 1. The lowest BCUT2D eigenvalue weighted by atomic mass is 10.1. The first-order valence-corrected chi connectivity index (χ1v) is 10.2. The van der Waals surface area contributed by atoms with Gasteiger partial charge in [-0.15, -0.1) is 24.0 Å². The number of likely N-dealkylation sites (tertiary alicyclic amines) is 1. The summed E-state index contributed by atoms with van der Waals surface area (Å²) >= 11 is 0. The normalized spacial score (nSPS) is 16.1. The molecule has 1 amide bonds. The zero-order valence-corrected chi connectivity index (χ0v) is 20.3. The Morgan fingerprint density at radius 1 is 1.15 bits per heavy atom. The second kappa shape index (κ2) is 15.3. The minimum Gasteiger partial charge on any atom is -0.357 e. The Hall–Kier alpha value is -0.610. The Labute approximate surface area is 183 Å². The van der Waals surface area contributed by atoms with Crippen molar-refractivity contribution in [2.45, 2.75) is 46.1 Å². The van der Waals surface area contributed by atoms with Crippen LogP contribution in [-0.4, -0.2) is 99.1 Å². The van der Waals surface area contributed by atoms with Gasteiger partial charge in [0.1, 0.15) is 0 Å². The molecule has 1 heterocycles. The second-order valence-corrected chi connectivity index (χ2v) is 7.18. The van der Waals surface area contributed by atoms with E-state index in [0.717, 1.165) is 64.6 Å². The molecular weight excluding hydrogens is 455 g/mol. The van der Waals surface area contributed by atoms with Crippen molar-refractivity contribution in [1.29, 1.82) is 0 Å². The number of guanidine groups is 1. The van der Waals surface area contributed by atoms with Crippen molar-refractivity contribution in [2.24, 2.45) is 4.99 Å². The van der Waals surface area contributed by atoms with Crippen molar-refractivity contribution in [3.8, 4) is 0 Å². The number of nitrogens with zero attached hydrogens (tertiary/aromatic N) is 4. The smallest absolute Gasteiger partial charge is 0.236 e. The molecule has 27 heavy (non-hydrogen) atoms. The van der Waals surface area contributed by atoms with Gasteiger partial charge in [-0.3, -0.25) is 14.7 Å². The largest absolute Gasteiger partial charge is 0.357 e. The SMILES string of the molecule is CCCN(CC)CCN=C(NCC)NC1CCN(CC(=O)N(C)C)CC1.I. The fraction of sp³-hybridized carbons (Fsp3) is 0.895. The topological polar surface area (TPSA) is 63.2 Å². The molecule has 0 spiro atoms. The van der Waals surface area contributed by atoms with E-state index in [-0.39, 0.29) is 29.9 Å². The summed E-state index contributed by atoms with van der Waals surface area (Å²) < 4.78 is 0. The van der Waals surface area contributed by atoms with Gasteiger partial charge < -0.3 is 20.4 Å². The van der Waals surface area contributed by atoms with E-state index >= 15 is 0 Å². The van der Waals surface area contributed by atoms with Crippen LogP contribution in [0.25, 0.3) is 0 Å². The third-order valence-electron chi connectivity index (χ3n) is 4.80. The van der Waals surface area contributed by atoms with Crippen molar-refractivity contribution in [2.75, 3.05) is 66.5 Å². The maximum absolute atomic E-state index is 11.8. The lowest BCUT2D eigenvalue weighted by molar-refractivity contribution is -0.130. The minimum absolute atomic E-state index is 0. The third-order valence-corrected chi connectivity index (χ3v) is 4.80. The Kier molecular flexibility index (Phi) is 15.0. The van der Waals surface area contributed by atoms with Gasteiger partial charge in [0.05, 0.1) is 13.1 Å². The number of amides is 1. The second-order valence-electron chi connectivity index (χ2n) is 7.18. The molecule has 0 aromatic rings. The zero-order chi connectivity index (χ0) is 19.4. The highest BCUT2D eigenvalue weighted by molar-refractivity contribution is 14.0. The average molecular weight is 496 g/mol. The lowest BCUT2D eigenvalue weighted by Gasteiger charge is -2.33. The summed E-state index contributed by atoms with van der Waals surface area (Å²) in [6.07, 6.45) is 3.27. The van der Waals surface area contributed by atoms with Crippen LogP contribution in [0.1, 0.15) is 40.0 Å². The van der Waals surface area contributed by atoms with Gasteiger partial charge in [-0.2, -0.15) is 0 Å². The van der Waals surface area contributed by atoms with Crippen LogP contribution >= 0.6 is 24.0 Å². The highest BCUT2D eigenvalue weighted by atomic mass is 127. The predicted molar refractivity (Wildman–Crippen MR) is 125 cm³/mol. The maximum Gasteiger partial charge on any atom is 0.236 e. The molecule has 1 rings (SSSR count). The van der Waals surface area contributed by atoms with Crippen LogP contribution in [0.4, 0.5) is 0 Å². The van der Waals surface area contributed by atoms with Crippen molar-refractivity contribution >= 4 is 35.8 Å². The standard InChI is InChI=1S/C19H40N6O.HI/c1-6-12-24(8-3)15-11-21-19(20-7-2)22-17-9-13-25(14-10-17)16-18(26)23(4)5;/h17H,6-16H2,1-5H3,(H2,20,21,22);1H. The van der Waals surface area contributed by atoms with Crippen molar-refractivity contribution in [3.63, 3.8) is 0 Å². The van der Waals surface area contributed by atoms with Crippen LogP contribution in [0, 0.1) is 0 Å². The Bertz CT molecular complexity index is 424. The van der Waals surface area contributed by atoms with Gasteiger partial charge in [0, 0.05) is 46.3 Å². The highest BCUT2D eigenvalue weighted by Crippen LogP contribution is 2.10. The number of aliphatic imine (C=N–C) groups is 1. The molecule has 0 radical (unpaired) electrons. The Balaban J connectivity index is 0.00000676. The number of hydrogen-bond donors (Lipinski definition) is 2. The molecule has 0 bridgehead atoms. The van der Waals surface area contributed by atoms with Crippen LogP contribution in [-0.2, 0) is 4.79 Å². The summed E-state index contributed by atoms with van der Waals surface area (Å²) in [6.45, 7) is 13.9. The number of halogens is 1. The van der Waals surface area contributed by atoms with E-state index in [0.29, 0.717) is 12.6 Å². The average Bonchev–Trinajstić information content (AvgIpc) is 2.62. The van der Waals surface area contributed by atoms with E-state index in [9.17, 15) is 4.79 Å². The quantitative estimate of drug-likeness (QED) is 0.272. The van der Waals surface area contributed by atoms with Gasteiger partial charge in [-0.05, 0) is 39.3 Å². The highest BCUT2D eigenvalue weighted by Gasteiger charge is 2.21. The van der Waals surface area contributed by atoms with E-state index < -0.39 is 0 Å². The summed E-state index contributed by atoms with van der Waals surface area (Å²) in [5.41, 5.74) is 0. The maximum atomic E-state index is 11.8. The number of hydrogen-bond acceptors (Lipinski definition) is 4. The number of piperidine rings is 1. The van der Waals surface area contributed by atoms with Crippen molar-refractivity contribution < 1.29 is 4.79 Å². The first-order valence-electron chi connectivity index (χ1n) is 10.2. The molecule has 1 saturated heterocycles. The van der Waals surface area contributed by atoms with Gasteiger partial charge in [0.15, 0.2) is 5.96 Å². The lowest BCUT2D eigenvalue weighted by Crippen LogP contribution is -2.50. The van der Waals surface area contributed by atoms with Gasteiger partial charge in [-0.25, -0.2) is 0 Å². The summed E-state index contributed by atoms with van der Waals surface area (Å²) in [7, 11) is 3.63. The molecule has 8 heteroatoms. The Morgan fingerprint density at radius 3 is 2.33 bits per heavy atom. The number of likely N-dealkylation sites (N-methyl/N-ethyl adjacent to an activating group) is 2. The molecule has 0 aliphatic carbocycles. The van der Waals surface area contributed by atoms with Gasteiger partial charge in [0.2, 0.25) is 5.91 Å². The molecule has 0 aromatic carbocycles. The summed E-state index contributed by atoms with van der Waals surface area (Å²) in [6, 6.07) is 0.427. The molecule has 1 fully saturated rings. The van der Waals surface area contributed by atoms with Gasteiger partial charge >= 0.3 is 0 Å². The molecule has 160 valence electrons. The molecule has 1 aliphatic heterocycles. The van der Waals surface area contributed by atoms with Crippen LogP contribution in [0.2, 0.25) is 0 Å². The zero-order valence-electron chi connectivity index (χ0n) is 18.0. The first-order chi connectivity index (χ1) is 12.5. The number of nitrogens with one attached hydrogen (secondary N) is 2. The van der Waals surface area contributed by atoms with E-state index in [1.165, 1.54) is 6.42 Å². The molecule has 0 unspecified atom stereocenters. The van der Waals surface area contributed by atoms with E-state index in [2.05, 4.69) is 41.2 Å². The Morgan fingerprint density at radius 2 is 1.81 bits per heavy atom. The van der Waals surface area contributed by atoms with Gasteiger partial charge in [-0.1, -0.05) is 13.8 Å². The molecule has 0 atom stereocenters. The van der Waals surface area contributed by atoms with Crippen LogP contribution in [0.3, 0.4) is 0 Å². The van der Waals surface area contributed by atoms with Crippen LogP contribution in [0.15, 0.2) is 4.99 Å².